The predicted octanol–water partition coefficient (Wildman–Crippen LogP) is 2.55. The van der Waals surface area contributed by atoms with Crippen LogP contribution in [0.25, 0.3) is 0 Å². The Bertz CT molecular complexity index is 390. The standard InChI is InChI=1S/C18H32N2O3S/c1-2-22-17(21)15-5-7-16(8-6-15)23-18(19-9-3-4-10-19)20-11-13-24-14-12-20/h15-16,18H,2-14H2,1H3. The number of thioether (sulfide) groups is 1. The van der Waals surface area contributed by atoms with E-state index in [1.807, 2.05) is 18.7 Å². The van der Waals surface area contributed by atoms with Crippen molar-refractivity contribution in [1.29, 1.82) is 0 Å². The molecule has 2 heterocycles. The fourth-order valence-electron chi connectivity index (χ4n) is 4.03. The number of carbonyl (C=O) groups is 1. The second kappa shape index (κ2) is 9.41. The van der Waals surface area contributed by atoms with Gasteiger partial charge in [-0.1, -0.05) is 0 Å². The minimum absolute atomic E-state index is 0.0138. The van der Waals surface area contributed by atoms with Crippen LogP contribution in [0.3, 0.4) is 0 Å². The normalized spacial score (nSPS) is 31.0. The molecule has 1 aliphatic carbocycles. The third kappa shape index (κ3) is 4.87. The Morgan fingerprint density at radius 3 is 2.29 bits per heavy atom. The summed E-state index contributed by atoms with van der Waals surface area (Å²) in [6.45, 7) is 6.94. The van der Waals surface area contributed by atoms with E-state index in [9.17, 15) is 4.79 Å². The van der Waals surface area contributed by atoms with Crippen LogP contribution in [-0.2, 0) is 14.3 Å². The molecule has 0 aromatic rings. The topological polar surface area (TPSA) is 42.0 Å². The summed E-state index contributed by atoms with van der Waals surface area (Å²) in [6, 6.07) is 0. The maximum atomic E-state index is 11.9. The van der Waals surface area contributed by atoms with E-state index in [-0.39, 0.29) is 24.3 Å². The molecule has 24 heavy (non-hydrogen) atoms. The molecule has 138 valence electrons. The van der Waals surface area contributed by atoms with Gasteiger partial charge in [0.1, 0.15) is 0 Å². The summed E-state index contributed by atoms with van der Waals surface area (Å²) in [4.78, 5) is 16.9. The second-order valence-electron chi connectivity index (χ2n) is 7.08. The minimum atomic E-state index is -0.0138. The van der Waals surface area contributed by atoms with Crippen LogP contribution in [-0.4, -0.2) is 72.5 Å². The molecule has 0 spiro atoms. The Morgan fingerprint density at radius 1 is 1.04 bits per heavy atom. The molecule has 0 amide bonds. The van der Waals surface area contributed by atoms with Crippen molar-refractivity contribution in [3.8, 4) is 0 Å². The zero-order valence-corrected chi connectivity index (χ0v) is 15.8. The van der Waals surface area contributed by atoms with Gasteiger partial charge < -0.3 is 9.47 Å². The van der Waals surface area contributed by atoms with E-state index in [0.29, 0.717) is 6.61 Å². The van der Waals surface area contributed by atoms with Gasteiger partial charge in [0.05, 0.1) is 18.6 Å². The molecule has 1 unspecified atom stereocenters. The molecule has 0 radical (unpaired) electrons. The van der Waals surface area contributed by atoms with Crippen molar-refractivity contribution in [2.24, 2.45) is 5.92 Å². The number of hydrogen-bond acceptors (Lipinski definition) is 6. The number of esters is 1. The number of ether oxygens (including phenoxy) is 2. The molecule has 2 aliphatic heterocycles. The third-order valence-electron chi connectivity index (χ3n) is 5.42. The van der Waals surface area contributed by atoms with Crippen LogP contribution in [0.4, 0.5) is 0 Å². The molecular formula is C18H32N2O3S. The van der Waals surface area contributed by atoms with Gasteiger partial charge in [-0.3, -0.25) is 14.6 Å². The van der Waals surface area contributed by atoms with Crippen LogP contribution in [0, 0.1) is 5.92 Å². The summed E-state index contributed by atoms with van der Waals surface area (Å²) in [7, 11) is 0. The van der Waals surface area contributed by atoms with Gasteiger partial charge in [0.15, 0.2) is 6.35 Å². The highest BCUT2D eigenvalue weighted by molar-refractivity contribution is 7.99. The van der Waals surface area contributed by atoms with Crippen molar-refractivity contribution in [1.82, 2.24) is 9.80 Å². The average molecular weight is 357 g/mol. The molecule has 2 saturated heterocycles. The van der Waals surface area contributed by atoms with Crippen LogP contribution in [0.2, 0.25) is 0 Å². The summed E-state index contributed by atoms with van der Waals surface area (Å²) < 4.78 is 11.8. The maximum absolute atomic E-state index is 11.9. The van der Waals surface area contributed by atoms with Gasteiger partial charge >= 0.3 is 5.97 Å². The van der Waals surface area contributed by atoms with Crippen LogP contribution in [0.5, 0.6) is 0 Å². The van der Waals surface area contributed by atoms with Crippen molar-refractivity contribution in [2.45, 2.75) is 57.9 Å². The van der Waals surface area contributed by atoms with Crippen molar-refractivity contribution >= 4 is 17.7 Å². The molecule has 3 aliphatic rings. The monoisotopic (exact) mass is 356 g/mol. The van der Waals surface area contributed by atoms with Crippen molar-refractivity contribution in [3.63, 3.8) is 0 Å². The zero-order valence-electron chi connectivity index (χ0n) is 15.0. The van der Waals surface area contributed by atoms with Gasteiger partial charge in [-0.2, -0.15) is 11.8 Å². The lowest BCUT2D eigenvalue weighted by Gasteiger charge is -2.42. The quantitative estimate of drug-likeness (QED) is 0.682. The number of nitrogens with zero attached hydrogens (tertiary/aromatic N) is 2. The SMILES string of the molecule is CCOC(=O)C1CCC(OC(N2CCCC2)N2CCSCC2)CC1. The van der Waals surface area contributed by atoms with Gasteiger partial charge in [-0.05, 0) is 45.4 Å². The molecule has 3 fully saturated rings. The van der Waals surface area contributed by atoms with Crippen LogP contribution < -0.4 is 0 Å². The molecular weight excluding hydrogens is 324 g/mol. The Labute approximate surface area is 150 Å². The Balaban J connectivity index is 1.52. The molecule has 0 aromatic heterocycles. The van der Waals surface area contributed by atoms with E-state index in [1.165, 1.54) is 24.3 Å². The fraction of sp³-hybridized carbons (Fsp3) is 0.944. The van der Waals surface area contributed by atoms with Crippen molar-refractivity contribution < 1.29 is 14.3 Å². The number of rotatable bonds is 6. The van der Waals surface area contributed by atoms with Gasteiger partial charge in [-0.25, -0.2) is 0 Å². The molecule has 5 nitrogen and oxygen atoms in total. The average Bonchev–Trinajstić information content (AvgIpc) is 3.15. The molecule has 0 bridgehead atoms. The lowest BCUT2D eigenvalue weighted by atomic mass is 9.87. The first-order valence-corrected chi connectivity index (χ1v) is 10.8. The maximum Gasteiger partial charge on any atom is 0.308 e. The van der Waals surface area contributed by atoms with Crippen molar-refractivity contribution in [3.05, 3.63) is 0 Å². The Hall–Kier alpha value is -0.300. The smallest absolute Gasteiger partial charge is 0.308 e. The minimum Gasteiger partial charge on any atom is -0.466 e. The summed E-state index contributed by atoms with van der Waals surface area (Å²) in [6.07, 6.45) is 6.80. The summed E-state index contributed by atoms with van der Waals surface area (Å²) >= 11 is 2.05. The highest BCUT2D eigenvalue weighted by Crippen LogP contribution is 2.30. The van der Waals surface area contributed by atoms with E-state index < -0.39 is 0 Å². The first kappa shape index (κ1) is 18.5. The molecule has 0 aromatic carbocycles. The molecule has 1 saturated carbocycles. The van der Waals surface area contributed by atoms with E-state index in [0.717, 1.165) is 51.9 Å². The lowest BCUT2D eigenvalue weighted by Crippen LogP contribution is -2.53. The number of likely N-dealkylation sites (tertiary alicyclic amines) is 1. The van der Waals surface area contributed by atoms with Crippen LogP contribution in [0.15, 0.2) is 0 Å². The van der Waals surface area contributed by atoms with Gasteiger partial charge in [-0.15, -0.1) is 0 Å². The molecule has 3 rings (SSSR count). The van der Waals surface area contributed by atoms with E-state index >= 15 is 0 Å². The van der Waals surface area contributed by atoms with Crippen molar-refractivity contribution in [2.75, 3.05) is 44.3 Å². The summed E-state index contributed by atoms with van der Waals surface area (Å²) in [5.41, 5.74) is 0. The van der Waals surface area contributed by atoms with Gasteiger partial charge in [0, 0.05) is 37.7 Å². The third-order valence-corrected chi connectivity index (χ3v) is 6.36. The Kier molecular flexibility index (Phi) is 7.25. The highest BCUT2D eigenvalue weighted by atomic mass is 32.2. The highest BCUT2D eigenvalue weighted by Gasteiger charge is 2.34. The first-order valence-electron chi connectivity index (χ1n) is 9.66. The molecule has 6 heteroatoms. The largest absolute Gasteiger partial charge is 0.466 e. The van der Waals surface area contributed by atoms with Gasteiger partial charge in [0.2, 0.25) is 0 Å². The lowest BCUT2D eigenvalue weighted by molar-refractivity contribution is -0.182. The molecule has 0 N–H and O–H groups in total. The fourth-order valence-corrected chi connectivity index (χ4v) is 4.96. The summed E-state index contributed by atoms with van der Waals surface area (Å²) in [5.74, 6) is 2.49. The first-order chi connectivity index (χ1) is 11.8. The van der Waals surface area contributed by atoms with Crippen LogP contribution in [0.1, 0.15) is 45.4 Å². The molecule has 1 atom stereocenters. The second-order valence-corrected chi connectivity index (χ2v) is 8.30. The predicted molar refractivity (Wildman–Crippen MR) is 97.0 cm³/mol. The summed E-state index contributed by atoms with van der Waals surface area (Å²) in [5, 5.41) is 0. The number of hydrogen-bond donors (Lipinski definition) is 0. The van der Waals surface area contributed by atoms with E-state index in [1.54, 1.807) is 0 Å². The van der Waals surface area contributed by atoms with Gasteiger partial charge in [0.25, 0.3) is 0 Å². The zero-order chi connectivity index (χ0) is 16.8. The van der Waals surface area contributed by atoms with E-state index in [2.05, 4.69) is 9.80 Å². The van der Waals surface area contributed by atoms with E-state index in [4.69, 9.17) is 9.47 Å². The Morgan fingerprint density at radius 2 is 1.67 bits per heavy atom. The van der Waals surface area contributed by atoms with Crippen LogP contribution >= 0.6 is 11.8 Å². The number of carbonyl (C=O) groups excluding carboxylic acids is 1.